The van der Waals surface area contributed by atoms with Crippen molar-refractivity contribution in [2.45, 2.75) is 31.0 Å². The number of aliphatic hydroxyl groups excluding tert-OH is 2. The fourth-order valence-electron chi connectivity index (χ4n) is 3.82. The van der Waals surface area contributed by atoms with Crippen LogP contribution in [0.25, 0.3) is 11.0 Å². The smallest absolute Gasteiger partial charge is 0.254 e. The minimum absolute atomic E-state index is 0.0882. The van der Waals surface area contributed by atoms with Gasteiger partial charge in [-0.25, -0.2) is 9.37 Å². The minimum atomic E-state index is -1.66. The molecule has 2 aromatic carbocycles. The number of phenols is 1. The topological polar surface area (TPSA) is 110 Å². The van der Waals surface area contributed by atoms with Gasteiger partial charge in [-0.15, -0.1) is 0 Å². The van der Waals surface area contributed by atoms with Crippen molar-refractivity contribution in [3.63, 3.8) is 0 Å². The van der Waals surface area contributed by atoms with Crippen LogP contribution in [0.2, 0.25) is 0 Å². The molecule has 0 radical (unpaired) electrons. The number of carbonyl (C=O) groups excluding carboxylic acids is 1. The second-order valence-electron chi connectivity index (χ2n) is 7.36. The summed E-state index contributed by atoms with van der Waals surface area (Å²) < 4.78 is 13.3. The number of benzene rings is 2. The minimum Gasteiger partial charge on any atom is -0.505 e. The van der Waals surface area contributed by atoms with E-state index < -0.39 is 29.7 Å². The van der Waals surface area contributed by atoms with Gasteiger partial charge in [-0.3, -0.25) is 4.79 Å². The number of likely N-dealkylation sites (tertiary alicyclic amines) is 1. The number of nitrogens with one attached hydrogen (secondary N) is 1. The predicted octanol–water partition coefficient (Wildman–Crippen LogP) is 2.21. The van der Waals surface area contributed by atoms with E-state index in [0.717, 1.165) is 12.0 Å². The summed E-state index contributed by atoms with van der Waals surface area (Å²) in [4.78, 5) is 21.4. The summed E-state index contributed by atoms with van der Waals surface area (Å²) in [6.07, 6.45) is -1.67. The van der Waals surface area contributed by atoms with E-state index in [1.807, 2.05) is 12.1 Å². The van der Waals surface area contributed by atoms with Gasteiger partial charge in [0.15, 0.2) is 17.7 Å². The first-order valence-corrected chi connectivity index (χ1v) is 9.52. The Morgan fingerprint density at radius 1 is 1.24 bits per heavy atom. The first kappa shape index (κ1) is 19.4. The Morgan fingerprint density at radius 3 is 2.79 bits per heavy atom. The van der Waals surface area contributed by atoms with Gasteiger partial charge in [-0.2, -0.15) is 0 Å². The third kappa shape index (κ3) is 3.81. The van der Waals surface area contributed by atoms with Crippen molar-refractivity contribution >= 4 is 16.9 Å². The number of hydrogen-bond donors (Lipinski definition) is 4. The molecule has 4 N–H and O–H groups in total. The second-order valence-corrected chi connectivity index (χ2v) is 7.36. The van der Waals surface area contributed by atoms with Crippen LogP contribution in [0.5, 0.6) is 5.75 Å². The van der Waals surface area contributed by atoms with Crippen LogP contribution in [0.1, 0.15) is 36.3 Å². The number of aromatic nitrogens is 2. The molecule has 0 aliphatic carbocycles. The maximum atomic E-state index is 13.3. The van der Waals surface area contributed by atoms with E-state index >= 15 is 0 Å². The van der Waals surface area contributed by atoms with Crippen molar-refractivity contribution in [1.82, 2.24) is 14.9 Å². The van der Waals surface area contributed by atoms with Gasteiger partial charge in [0, 0.05) is 19.0 Å². The Kier molecular flexibility index (Phi) is 5.21. The number of imidazole rings is 1. The molecule has 1 amide bonds. The summed E-state index contributed by atoms with van der Waals surface area (Å²) in [5.74, 6) is -1.67. The first-order valence-electron chi connectivity index (χ1n) is 9.52. The number of piperidine rings is 1. The summed E-state index contributed by atoms with van der Waals surface area (Å²) >= 11 is 0. The van der Waals surface area contributed by atoms with Crippen LogP contribution in [0.15, 0.2) is 42.5 Å². The summed E-state index contributed by atoms with van der Waals surface area (Å²) in [6.45, 7) is 0.764. The summed E-state index contributed by atoms with van der Waals surface area (Å²) in [7, 11) is 0. The molecule has 1 aliphatic heterocycles. The molecule has 2 heterocycles. The normalized spacial score (nSPS) is 19.3. The Labute approximate surface area is 166 Å². The summed E-state index contributed by atoms with van der Waals surface area (Å²) in [6, 6.07) is 11.3. The van der Waals surface area contributed by atoms with E-state index in [-0.39, 0.29) is 11.7 Å². The van der Waals surface area contributed by atoms with Crippen LogP contribution in [0, 0.1) is 5.82 Å². The molecule has 0 bridgehead atoms. The molecule has 7 nitrogen and oxygen atoms in total. The molecular weight excluding hydrogens is 377 g/mol. The fraction of sp³-hybridized carbons (Fsp3) is 0.333. The average molecular weight is 399 g/mol. The largest absolute Gasteiger partial charge is 0.505 e. The van der Waals surface area contributed by atoms with Crippen LogP contribution >= 0.6 is 0 Å². The summed E-state index contributed by atoms with van der Waals surface area (Å²) in [5, 5.41) is 30.6. The fourth-order valence-corrected chi connectivity index (χ4v) is 3.82. The van der Waals surface area contributed by atoms with Gasteiger partial charge in [-0.05, 0) is 42.7 Å². The number of hydrogen-bond acceptors (Lipinski definition) is 5. The lowest BCUT2D eigenvalue weighted by Crippen LogP contribution is -2.46. The average Bonchev–Trinajstić information content (AvgIpc) is 3.18. The van der Waals surface area contributed by atoms with Crippen molar-refractivity contribution in [3.8, 4) is 5.75 Å². The molecule has 3 aromatic rings. The number of phenolic OH excluding ortho intramolecular Hbond substituents is 1. The van der Waals surface area contributed by atoms with E-state index in [4.69, 9.17) is 0 Å². The first-order chi connectivity index (χ1) is 13.9. The predicted molar refractivity (Wildman–Crippen MR) is 104 cm³/mol. The Morgan fingerprint density at radius 2 is 2.03 bits per heavy atom. The maximum absolute atomic E-state index is 13.3. The van der Waals surface area contributed by atoms with E-state index in [1.165, 1.54) is 17.0 Å². The van der Waals surface area contributed by atoms with E-state index in [2.05, 4.69) is 9.97 Å². The number of aromatic hydroxyl groups is 1. The molecule has 3 unspecified atom stereocenters. The van der Waals surface area contributed by atoms with Gasteiger partial charge in [0.1, 0.15) is 11.9 Å². The highest BCUT2D eigenvalue weighted by Gasteiger charge is 2.34. The monoisotopic (exact) mass is 399 g/mol. The van der Waals surface area contributed by atoms with Crippen LogP contribution in [0.4, 0.5) is 4.39 Å². The van der Waals surface area contributed by atoms with Crippen molar-refractivity contribution < 1.29 is 24.5 Å². The van der Waals surface area contributed by atoms with Crippen LogP contribution in [-0.4, -0.2) is 55.3 Å². The molecule has 4 rings (SSSR count). The Bertz CT molecular complexity index is 1000. The third-order valence-electron chi connectivity index (χ3n) is 5.41. The van der Waals surface area contributed by atoms with E-state index in [9.17, 15) is 24.5 Å². The van der Waals surface area contributed by atoms with Crippen molar-refractivity contribution in [2.75, 3.05) is 13.1 Å². The lowest BCUT2D eigenvalue weighted by molar-refractivity contribution is -0.148. The zero-order valence-corrected chi connectivity index (χ0v) is 15.6. The molecule has 1 saturated heterocycles. The number of aromatic amines is 1. The molecule has 1 aliphatic rings. The molecule has 3 atom stereocenters. The second kappa shape index (κ2) is 7.81. The molecule has 1 aromatic heterocycles. The van der Waals surface area contributed by atoms with Gasteiger partial charge < -0.3 is 25.2 Å². The highest BCUT2D eigenvalue weighted by atomic mass is 19.1. The third-order valence-corrected chi connectivity index (χ3v) is 5.41. The standard InChI is InChI=1S/C21H22FN3O4/c22-14-8-7-12(10-17(14)26)13-4-3-9-25(11-13)21(29)19(28)18(27)20-23-15-5-1-2-6-16(15)24-20/h1-2,5-8,10,13,18-19,26-28H,3-4,9,11H2,(H,23,24). The SMILES string of the molecule is O=C(C(O)C(O)c1nc2ccccc2[nH]1)N1CCCC(c2ccc(F)c(O)c2)C1. The number of para-hydroxylation sites is 2. The lowest BCUT2D eigenvalue weighted by Gasteiger charge is -2.34. The zero-order valence-electron chi connectivity index (χ0n) is 15.6. The molecular formula is C21H22FN3O4. The van der Waals surface area contributed by atoms with Gasteiger partial charge in [0.05, 0.1) is 11.0 Å². The molecule has 0 saturated carbocycles. The highest BCUT2D eigenvalue weighted by molar-refractivity contribution is 5.82. The molecule has 8 heteroatoms. The van der Waals surface area contributed by atoms with Crippen molar-refractivity contribution in [1.29, 1.82) is 0 Å². The number of H-pyrrole nitrogens is 1. The number of nitrogens with zero attached hydrogens (tertiary/aromatic N) is 2. The van der Waals surface area contributed by atoms with Gasteiger partial charge >= 0.3 is 0 Å². The maximum Gasteiger partial charge on any atom is 0.254 e. The lowest BCUT2D eigenvalue weighted by atomic mass is 9.90. The van der Waals surface area contributed by atoms with Gasteiger partial charge in [-0.1, -0.05) is 18.2 Å². The van der Waals surface area contributed by atoms with Gasteiger partial charge in [0.2, 0.25) is 0 Å². The van der Waals surface area contributed by atoms with E-state index in [1.54, 1.807) is 18.2 Å². The van der Waals surface area contributed by atoms with Crippen molar-refractivity contribution in [2.24, 2.45) is 0 Å². The Balaban J connectivity index is 1.48. The molecule has 152 valence electrons. The molecule has 1 fully saturated rings. The van der Waals surface area contributed by atoms with Gasteiger partial charge in [0.25, 0.3) is 5.91 Å². The number of aliphatic hydroxyl groups is 2. The van der Waals surface area contributed by atoms with Crippen LogP contribution in [-0.2, 0) is 4.79 Å². The zero-order chi connectivity index (χ0) is 20.5. The highest BCUT2D eigenvalue weighted by Crippen LogP contribution is 2.31. The summed E-state index contributed by atoms with van der Waals surface area (Å²) in [5.41, 5.74) is 2.07. The molecule has 0 spiro atoms. The Hall–Kier alpha value is -2.97. The number of amides is 1. The van der Waals surface area contributed by atoms with E-state index in [0.29, 0.717) is 30.5 Å². The number of halogens is 1. The quantitative estimate of drug-likeness (QED) is 0.538. The number of fused-ring (bicyclic) bond motifs is 1. The van der Waals surface area contributed by atoms with Crippen LogP contribution in [0.3, 0.4) is 0 Å². The molecule has 29 heavy (non-hydrogen) atoms. The van der Waals surface area contributed by atoms with Crippen LogP contribution < -0.4 is 0 Å². The number of carbonyl (C=O) groups is 1. The van der Waals surface area contributed by atoms with Crippen molar-refractivity contribution in [3.05, 3.63) is 59.7 Å². The number of rotatable bonds is 4.